The minimum absolute atomic E-state index is 0.160. The molecule has 6 aliphatic rings. The van der Waals surface area contributed by atoms with E-state index in [1.54, 1.807) is 6.08 Å². The highest BCUT2D eigenvalue weighted by Crippen LogP contribution is 2.41. The Morgan fingerprint density at radius 3 is 1.27 bits per heavy atom. The molecule has 0 aromatic carbocycles. The molecule has 0 aromatic rings. The Morgan fingerprint density at radius 2 is 0.816 bits per heavy atom. The van der Waals surface area contributed by atoms with E-state index in [9.17, 15) is 126 Å². The number of amides is 3. The van der Waals surface area contributed by atoms with Gasteiger partial charge in [0, 0.05) is 19.8 Å². The van der Waals surface area contributed by atoms with Crippen molar-refractivity contribution in [3.8, 4) is 0 Å². The van der Waals surface area contributed by atoms with Crippen molar-refractivity contribution in [2.45, 2.75) is 435 Å². The summed E-state index contributed by atoms with van der Waals surface area (Å²) in [6.45, 7) is -2.98. The van der Waals surface area contributed by atoms with E-state index < -0.39 is 279 Å². The van der Waals surface area contributed by atoms with Gasteiger partial charge >= 0.3 is 5.97 Å². The number of carboxylic acid groups (broad SMARTS) is 1. The van der Waals surface area contributed by atoms with Crippen molar-refractivity contribution in [1.29, 1.82) is 0 Å². The molecule has 0 spiro atoms. The molecule has 6 aliphatic heterocycles. The van der Waals surface area contributed by atoms with E-state index in [4.69, 9.17) is 56.8 Å². The maximum atomic E-state index is 13.6. The van der Waals surface area contributed by atoms with Crippen molar-refractivity contribution in [3.63, 3.8) is 0 Å². The van der Waals surface area contributed by atoms with Crippen molar-refractivity contribution in [2.75, 3.05) is 52.9 Å². The quantitative estimate of drug-likeness (QED) is 0.0228. The van der Waals surface area contributed by atoms with Gasteiger partial charge < -0.3 is 180 Å². The lowest BCUT2D eigenvalue weighted by molar-refractivity contribution is -0.392. The van der Waals surface area contributed by atoms with Gasteiger partial charge in [0.05, 0.1) is 70.5 Å². The van der Waals surface area contributed by atoms with E-state index >= 15 is 0 Å². The summed E-state index contributed by atoms with van der Waals surface area (Å²) in [4.78, 5) is 52.3. The minimum Gasteiger partial charge on any atom is -0.477 e. The molecule has 0 aliphatic carbocycles. The van der Waals surface area contributed by atoms with Crippen LogP contribution in [0.3, 0.4) is 0 Å². The van der Waals surface area contributed by atoms with Crippen LogP contribution in [-0.2, 0) is 76.0 Å². The Morgan fingerprint density at radius 1 is 0.424 bits per heavy atom. The van der Waals surface area contributed by atoms with E-state index in [0.29, 0.717) is 12.8 Å². The highest BCUT2D eigenvalue weighted by Gasteiger charge is 2.62. The van der Waals surface area contributed by atoms with Crippen LogP contribution in [0.15, 0.2) is 24.3 Å². The highest BCUT2D eigenvalue weighted by molar-refractivity contribution is 5.78. The second-order valence-electron chi connectivity index (χ2n) is 33.9. The van der Waals surface area contributed by atoms with E-state index in [1.165, 1.54) is 122 Å². The molecule has 125 heavy (non-hydrogen) atoms. The predicted molar refractivity (Wildman–Crippen MR) is 440 cm³/mol. The number of hydrogen-bond acceptors (Lipinski definition) is 36. The number of carbonyl (C=O) groups is 4. The van der Waals surface area contributed by atoms with Gasteiger partial charge in [0.15, 0.2) is 31.5 Å². The largest absolute Gasteiger partial charge is 0.477 e. The predicted octanol–water partition coefficient (Wildman–Crippen LogP) is -2.13. The summed E-state index contributed by atoms with van der Waals surface area (Å²) < 4.78 is 70.5. The van der Waals surface area contributed by atoms with Crippen molar-refractivity contribution in [2.24, 2.45) is 0 Å². The first-order chi connectivity index (χ1) is 60.0. The maximum Gasteiger partial charge on any atom is 0.364 e. The summed E-state index contributed by atoms with van der Waals surface area (Å²) in [5, 5.41) is 240. The summed E-state index contributed by atoms with van der Waals surface area (Å²) >= 11 is 0. The number of aliphatic hydroxyl groups is 20. The molecule has 0 bridgehead atoms. The van der Waals surface area contributed by atoms with Gasteiger partial charge in [0.25, 0.3) is 5.79 Å². The van der Waals surface area contributed by atoms with Crippen molar-refractivity contribution < 1.29 is 183 Å². The highest BCUT2D eigenvalue weighted by atomic mass is 16.8. The summed E-state index contributed by atoms with van der Waals surface area (Å²) in [6, 6.07) is -4.91. The lowest BCUT2D eigenvalue weighted by Crippen LogP contribution is -2.71. The molecule has 0 aromatic heterocycles. The lowest BCUT2D eigenvalue weighted by atomic mass is 9.88. The zero-order valence-electron chi connectivity index (χ0n) is 72.7. The van der Waals surface area contributed by atoms with E-state index in [1.807, 2.05) is 6.08 Å². The third-order valence-corrected chi connectivity index (χ3v) is 24.0. The first-order valence-corrected chi connectivity index (χ1v) is 45.4. The molecule has 6 heterocycles. The van der Waals surface area contributed by atoms with Crippen LogP contribution in [0.25, 0.3) is 0 Å². The van der Waals surface area contributed by atoms with Crippen LogP contribution in [-0.4, -0.2) is 386 Å². The molecule has 40 heteroatoms. The fourth-order valence-electron chi connectivity index (χ4n) is 16.6. The summed E-state index contributed by atoms with van der Waals surface area (Å²) in [5.41, 5.74) is 0. The first kappa shape index (κ1) is 110. The number of allylic oxidation sites excluding steroid dienone is 3. The molecule has 12 unspecified atom stereocenters. The van der Waals surface area contributed by atoms with Crippen LogP contribution in [0.2, 0.25) is 0 Å². The SMILES string of the molecule is CCCCCCCC/C=C\CCCCCCCCCCCCCC(=O)N[C@@H](CO[C@@H]1OC(CO)[C@@H](O[C@@H]2OC(CO)[C@H](O[C@@H]3OC(CO)[C@H](O)[C@H](O[C@@H]4OC(CO)[C@H](O)[C@H](O[C@@H]5OC(CO)[C@H](O)[C@H](O[C@]6(C(=O)O)CC(O)[C@@H](NC(=O)CO)C([C@H](O)[C@H](O)CO)O6)C5O)C4NC(C)=O)C3O)[C@H](O)C2O)[C@H](O)C1O)[C@H](O)/C=C/CCCCCCCCCCCCC. The van der Waals surface area contributed by atoms with Gasteiger partial charge in [-0.2, -0.15) is 0 Å². The number of carboxylic acids is 1. The average Bonchev–Trinajstić information content (AvgIpc) is 0.753. The Bertz CT molecular complexity index is 3010. The van der Waals surface area contributed by atoms with Crippen molar-refractivity contribution >= 4 is 23.7 Å². The van der Waals surface area contributed by atoms with Gasteiger partial charge in [0.2, 0.25) is 17.7 Å². The van der Waals surface area contributed by atoms with Gasteiger partial charge in [-0.15, -0.1) is 0 Å². The molecule has 33 atom stereocenters. The summed E-state index contributed by atoms with van der Waals surface area (Å²) in [6.07, 6.45) is -17.8. The zero-order valence-corrected chi connectivity index (χ0v) is 72.7. The second kappa shape index (κ2) is 58.9. The number of carbonyl (C=O) groups excluding carboxylic acids is 3. The lowest BCUT2D eigenvalue weighted by Gasteiger charge is -2.51. The van der Waals surface area contributed by atoms with Gasteiger partial charge in [-0.05, 0) is 44.9 Å². The smallest absolute Gasteiger partial charge is 0.364 e. The number of unbranched alkanes of at least 4 members (excludes halogenated alkanes) is 28. The molecule has 40 nitrogen and oxygen atoms in total. The van der Waals surface area contributed by atoms with Gasteiger partial charge in [-0.1, -0.05) is 192 Å². The molecular formula is C85H151N3O37. The number of ether oxygens (including phenoxy) is 12. The van der Waals surface area contributed by atoms with Crippen molar-refractivity contribution in [3.05, 3.63) is 24.3 Å². The minimum atomic E-state index is -3.31. The fourth-order valence-corrected chi connectivity index (χ4v) is 16.6. The first-order valence-electron chi connectivity index (χ1n) is 45.4. The van der Waals surface area contributed by atoms with Crippen LogP contribution >= 0.6 is 0 Å². The zero-order chi connectivity index (χ0) is 91.7. The van der Waals surface area contributed by atoms with Gasteiger partial charge in [-0.3, -0.25) is 14.4 Å². The Hall–Kier alpha value is -3.92. The molecule has 6 saturated heterocycles. The monoisotopic (exact) mass is 1810 g/mol. The molecule has 24 N–H and O–H groups in total. The van der Waals surface area contributed by atoms with E-state index in [2.05, 4.69) is 41.9 Å². The summed E-state index contributed by atoms with van der Waals surface area (Å²) in [7, 11) is 0. The Balaban J connectivity index is 1.08. The third-order valence-electron chi connectivity index (χ3n) is 24.0. The van der Waals surface area contributed by atoms with Crippen molar-refractivity contribution in [1.82, 2.24) is 16.0 Å². The number of nitrogens with one attached hydrogen (secondary N) is 3. The van der Waals surface area contributed by atoms with Crippen LogP contribution in [0, 0.1) is 0 Å². The Labute approximate surface area is 731 Å². The molecule has 3 amide bonds. The molecule has 728 valence electrons. The third kappa shape index (κ3) is 33.9. The molecule has 0 saturated carbocycles. The van der Waals surface area contributed by atoms with E-state index in [-0.39, 0.29) is 12.3 Å². The molecule has 6 fully saturated rings. The maximum absolute atomic E-state index is 13.6. The Kier molecular flexibility index (Phi) is 51.7. The molecule has 0 radical (unpaired) electrons. The van der Waals surface area contributed by atoms with Crippen LogP contribution in [0.1, 0.15) is 233 Å². The van der Waals surface area contributed by atoms with Gasteiger partial charge in [-0.25, -0.2) is 4.79 Å². The topological polar surface area (TPSA) is 640 Å². The van der Waals surface area contributed by atoms with Crippen LogP contribution < -0.4 is 16.0 Å². The van der Waals surface area contributed by atoms with Gasteiger partial charge in [0.1, 0.15) is 147 Å². The molecular weight excluding hydrogens is 1650 g/mol. The number of aliphatic hydroxyl groups excluding tert-OH is 20. The van der Waals surface area contributed by atoms with E-state index in [0.717, 1.165) is 71.1 Å². The standard InChI is InChI=1S/C85H151N3O37/c1-4-6-8-10-12-14-16-18-19-20-21-22-23-24-25-27-29-31-33-35-37-39-59(100)87-50(51(97)38-36-34-32-30-28-26-17-15-13-11-9-7-5-2)48-114-80-69(108)67(106)73(57(45-93)118-80)120-81-70(109)68(107)74(58(46-94)119-81)121-82-71(110)77(65(104)55(43-91)116-82)123-79-62(86-49(3)96)75(64(103)54(42-90)115-79)122-83-72(111)78(66(105)56(44-92)117-83)125-85(84(112)113)40-52(98)61(88-60(101)47-95)76(124-85)63(102)53(99)41-89/h18-19,36,38,50-58,61-83,89-95,97-99,102-111H,4-17,20-35,37,39-48H2,1-3H3,(H,86,96)(H,87,100)(H,88,101)(H,112,113)/b19-18-,38-36+/t50-,51+,52?,53+,54?,55?,56?,57?,58?,61+,62?,63+,64-,65-,66-,67+,68+,69?,70?,71?,72?,73+,74-,75+,76?,77-,78-,79-,80+,81-,82-,83-,85-/m0/s1. The summed E-state index contributed by atoms with van der Waals surface area (Å²) in [5.74, 6) is -7.98. The fraction of sp³-hybridized carbons (Fsp3) is 0.906. The second-order valence-corrected chi connectivity index (χ2v) is 33.9. The number of hydrogen-bond donors (Lipinski definition) is 24. The number of aliphatic carboxylic acids is 1. The normalized spacial score (nSPS) is 35.1. The van der Waals surface area contributed by atoms with Crippen LogP contribution in [0.4, 0.5) is 0 Å². The molecule has 6 rings (SSSR count). The average molecular weight is 1810 g/mol. The van der Waals surface area contributed by atoms with Crippen LogP contribution in [0.5, 0.6) is 0 Å². The number of rotatable bonds is 61.